The predicted molar refractivity (Wildman–Crippen MR) is 116 cm³/mol. The van der Waals surface area contributed by atoms with E-state index in [9.17, 15) is 10.3 Å². The minimum Gasteiger partial charge on any atom is -0.507 e. The van der Waals surface area contributed by atoms with Crippen molar-refractivity contribution in [3.8, 4) is 5.75 Å². The molecular weight excluding hydrogens is 334 g/mol. The third-order valence-corrected chi connectivity index (χ3v) is 5.53. The fourth-order valence-corrected chi connectivity index (χ4v) is 3.61. The topological polar surface area (TPSA) is 52.8 Å². The van der Waals surface area contributed by atoms with E-state index in [1.54, 1.807) is 6.07 Å². The number of phenols is 1. The monoisotopic (exact) mass is 375 g/mol. The van der Waals surface area contributed by atoms with Crippen molar-refractivity contribution in [2.24, 2.45) is 5.16 Å². The molecule has 0 aliphatic carbocycles. The number of benzene rings is 1. The number of oxime groups is 1. The zero-order valence-electron chi connectivity index (χ0n) is 17.8. The quantitative estimate of drug-likeness (QED) is 0.142. The second kappa shape index (κ2) is 14.5. The minimum absolute atomic E-state index is 0.213. The SMILES string of the molecule is CCCCCCCCCCCC(=NO)c1cc(C(C)CCCC)ccc1O. The maximum atomic E-state index is 10.2. The van der Waals surface area contributed by atoms with Crippen molar-refractivity contribution >= 4 is 5.71 Å². The first-order chi connectivity index (χ1) is 13.1. The van der Waals surface area contributed by atoms with Gasteiger partial charge in [-0.05, 0) is 42.9 Å². The molecular formula is C24H41NO2. The first-order valence-electron chi connectivity index (χ1n) is 11.2. The highest BCUT2D eigenvalue weighted by atomic mass is 16.4. The van der Waals surface area contributed by atoms with Gasteiger partial charge in [0.1, 0.15) is 5.75 Å². The molecule has 0 bridgehead atoms. The number of rotatable bonds is 15. The van der Waals surface area contributed by atoms with Crippen molar-refractivity contribution < 1.29 is 10.3 Å². The van der Waals surface area contributed by atoms with Crippen LogP contribution in [0.3, 0.4) is 0 Å². The molecule has 3 nitrogen and oxygen atoms in total. The smallest absolute Gasteiger partial charge is 0.124 e. The zero-order valence-corrected chi connectivity index (χ0v) is 17.8. The summed E-state index contributed by atoms with van der Waals surface area (Å²) in [6.07, 6.45) is 15.7. The van der Waals surface area contributed by atoms with Gasteiger partial charge in [0, 0.05) is 5.56 Å². The van der Waals surface area contributed by atoms with Crippen LogP contribution in [-0.2, 0) is 0 Å². The van der Waals surface area contributed by atoms with Crippen LogP contribution in [0.15, 0.2) is 23.4 Å². The van der Waals surface area contributed by atoms with Gasteiger partial charge in [0.05, 0.1) is 5.71 Å². The Morgan fingerprint density at radius 3 is 2.07 bits per heavy atom. The molecule has 0 spiro atoms. The van der Waals surface area contributed by atoms with E-state index in [4.69, 9.17) is 0 Å². The lowest BCUT2D eigenvalue weighted by Crippen LogP contribution is -2.04. The van der Waals surface area contributed by atoms with Crippen LogP contribution in [0.25, 0.3) is 0 Å². The van der Waals surface area contributed by atoms with Crippen molar-refractivity contribution in [3.63, 3.8) is 0 Å². The Balaban J connectivity index is 2.46. The molecule has 1 atom stereocenters. The van der Waals surface area contributed by atoms with Crippen LogP contribution in [-0.4, -0.2) is 16.0 Å². The molecule has 0 aromatic heterocycles. The molecule has 27 heavy (non-hydrogen) atoms. The van der Waals surface area contributed by atoms with E-state index < -0.39 is 0 Å². The van der Waals surface area contributed by atoms with E-state index in [1.165, 1.54) is 63.4 Å². The summed E-state index contributed by atoms with van der Waals surface area (Å²) in [6, 6.07) is 5.75. The first kappa shape index (κ1) is 23.5. The molecule has 1 aromatic carbocycles. The molecule has 0 aliphatic rings. The highest BCUT2D eigenvalue weighted by molar-refractivity contribution is 6.02. The number of aromatic hydroxyl groups is 1. The average molecular weight is 376 g/mol. The van der Waals surface area contributed by atoms with Crippen LogP contribution in [0, 0.1) is 0 Å². The molecule has 2 N–H and O–H groups in total. The molecule has 1 rings (SSSR count). The summed E-state index contributed by atoms with van der Waals surface area (Å²) in [5.74, 6) is 0.669. The van der Waals surface area contributed by atoms with Gasteiger partial charge in [-0.3, -0.25) is 0 Å². The molecule has 0 saturated carbocycles. The van der Waals surface area contributed by atoms with Crippen molar-refractivity contribution in [1.82, 2.24) is 0 Å². The van der Waals surface area contributed by atoms with E-state index in [-0.39, 0.29) is 5.75 Å². The Labute approximate surface area is 166 Å². The summed E-state index contributed by atoms with van der Waals surface area (Å²) < 4.78 is 0. The Bertz CT molecular complexity index is 539. The second-order valence-electron chi connectivity index (χ2n) is 7.94. The van der Waals surface area contributed by atoms with E-state index in [1.807, 2.05) is 12.1 Å². The highest BCUT2D eigenvalue weighted by Crippen LogP contribution is 2.28. The van der Waals surface area contributed by atoms with Gasteiger partial charge >= 0.3 is 0 Å². The normalized spacial score (nSPS) is 13.1. The molecule has 1 aromatic rings. The molecule has 154 valence electrons. The van der Waals surface area contributed by atoms with Crippen molar-refractivity contribution in [3.05, 3.63) is 29.3 Å². The summed E-state index contributed by atoms with van der Waals surface area (Å²) in [7, 11) is 0. The second-order valence-corrected chi connectivity index (χ2v) is 7.94. The molecule has 3 heteroatoms. The fraction of sp³-hybridized carbons (Fsp3) is 0.708. The van der Waals surface area contributed by atoms with Gasteiger partial charge in [0.25, 0.3) is 0 Å². The molecule has 0 fully saturated rings. The Hall–Kier alpha value is -1.51. The lowest BCUT2D eigenvalue weighted by molar-refractivity contribution is 0.317. The number of nitrogens with zero attached hydrogens (tertiary/aromatic N) is 1. The minimum atomic E-state index is 0.213. The lowest BCUT2D eigenvalue weighted by atomic mass is 9.92. The van der Waals surface area contributed by atoms with Gasteiger partial charge < -0.3 is 10.3 Å². The van der Waals surface area contributed by atoms with Crippen LogP contribution in [0.2, 0.25) is 0 Å². The van der Waals surface area contributed by atoms with E-state index in [0.717, 1.165) is 19.3 Å². The summed E-state index contributed by atoms with van der Waals surface area (Å²) in [5.41, 5.74) is 2.52. The Morgan fingerprint density at radius 2 is 1.48 bits per heavy atom. The van der Waals surface area contributed by atoms with Gasteiger partial charge in [-0.25, -0.2) is 0 Å². The molecule has 0 amide bonds. The van der Waals surface area contributed by atoms with Crippen LogP contribution < -0.4 is 0 Å². The van der Waals surface area contributed by atoms with Gasteiger partial charge in [-0.1, -0.05) is 96.2 Å². The third-order valence-electron chi connectivity index (χ3n) is 5.53. The maximum Gasteiger partial charge on any atom is 0.124 e. The number of hydrogen-bond donors (Lipinski definition) is 2. The van der Waals surface area contributed by atoms with Crippen molar-refractivity contribution in [1.29, 1.82) is 0 Å². The van der Waals surface area contributed by atoms with Crippen LogP contribution >= 0.6 is 0 Å². The van der Waals surface area contributed by atoms with Crippen LogP contribution in [0.5, 0.6) is 5.75 Å². The Kier molecular flexibility index (Phi) is 12.7. The average Bonchev–Trinajstić information content (AvgIpc) is 2.68. The number of unbranched alkanes of at least 4 members (excludes halogenated alkanes) is 9. The molecule has 0 radical (unpaired) electrons. The largest absolute Gasteiger partial charge is 0.507 e. The van der Waals surface area contributed by atoms with Gasteiger partial charge in [0.2, 0.25) is 0 Å². The van der Waals surface area contributed by atoms with E-state index in [0.29, 0.717) is 23.6 Å². The fourth-order valence-electron chi connectivity index (χ4n) is 3.61. The summed E-state index contributed by atoms with van der Waals surface area (Å²) in [4.78, 5) is 0. The van der Waals surface area contributed by atoms with Gasteiger partial charge in [0.15, 0.2) is 0 Å². The highest BCUT2D eigenvalue weighted by Gasteiger charge is 2.13. The molecule has 1 unspecified atom stereocenters. The van der Waals surface area contributed by atoms with E-state index >= 15 is 0 Å². The number of phenolic OH excluding ortho intramolecular Hbond substituents is 1. The Morgan fingerprint density at radius 1 is 0.889 bits per heavy atom. The molecule has 0 saturated heterocycles. The van der Waals surface area contributed by atoms with Gasteiger partial charge in [-0.15, -0.1) is 0 Å². The van der Waals surface area contributed by atoms with Crippen molar-refractivity contribution in [2.45, 2.75) is 110 Å². The van der Waals surface area contributed by atoms with Crippen molar-refractivity contribution in [2.75, 3.05) is 0 Å². The summed E-state index contributed by atoms with van der Waals surface area (Å²) in [6.45, 7) is 6.68. The number of hydrogen-bond acceptors (Lipinski definition) is 3. The molecule has 0 aliphatic heterocycles. The first-order valence-corrected chi connectivity index (χ1v) is 11.2. The van der Waals surface area contributed by atoms with Crippen LogP contribution in [0.4, 0.5) is 0 Å². The third kappa shape index (κ3) is 9.30. The standard InChI is InChI=1S/C24H41NO2/c1-4-6-8-9-10-11-12-13-14-16-23(25-27)22-19-21(17-18-24(22)26)20(3)15-7-5-2/h17-20,26-27H,4-16H2,1-3H3. The summed E-state index contributed by atoms with van der Waals surface area (Å²) >= 11 is 0. The van der Waals surface area contributed by atoms with Gasteiger partial charge in [-0.2, -0.15) is 0 Å². The van der Waals surface area contributed by atoms with E-state index in [2.05, 4.69) is 25.9 Å². The molecule has 0 heterocycles. The zero-order chi connectivity index (χ0) is 19.9. The summed E-state index contributed by atoms with van der Waals surface area (Å²) in [5, 5.41) is 23.2. The predicted octanol–water partition coefficient (Wildman–Crippen LogP) is 7.79. The lowest BCUT2D eigenvalue weighted by Gasteiger charge is -2.14. The van der Waals surface area contributed by atoms with Crippen LogP contribution in [0.1, 0.15) is 121 Å². The maximum absolute atomic E-state index is 10.2.